The molecule has 0 radical (unpaired) electrons. The normalized spacial score (nSPS) is 14.1. The molecule has 0 aliphatic carbocycles. The third-order valence-electron chi connectivity index (χ3n) is 6.35. The summed E-state index contributed by atoms with van der Waals surface area (Å²) in [5.74, 6) is 0.126. The first-order chi connectivity index (χ1) is 17.4. The lowest BCUT2D eigenvalue weighted by Gasteiger charge is -2.31. The number of carbonyl (C=O) groups excluding carboxylic acids is 2. The van der Waals surface area contributed by atoms with Crippen LogP contribution in [0.3, 0.4) is 0 Å². The van der Waals surface area contributed by atoms with Gasteiger partial charge in [-0.1, -0.05) is 6.58 Å². The van der Waals surface area contributed by atoms with Crippen molar-refractivity contribution in [2.75, 3.05) is 13.1 Å². The van der Waals surface area contributed by atoms with Crippen molar-refractivity contribution >= 4 is 17.5 Å². The Morgan fingerprint density at radius 2 is 1.69 bits per heavy atom. The predicted octanol–water partition coefficient (Wildman–Crippen LogP) is 4.32. The Morgan fingerprint density at radius 3 is 2.31 bits per heavy atom. The summed E-state index contributed by atoms with van der Waals surface area (Å²) in [6, 6.07) is 12.8. The van der Waals surface area contributed by atoms with Crippen molar-refractivity contribution in [1.82, 2.24) is 19.3 Å². The number of aromatic nitrogens is 3. The number of nitrogens with two attached hydrogens (primary N) is 1. The molecule has 2 N–H and O–H groups in total. The van der Waals surface area contributed by atoms with E-state index in [1.807, 2.05) is 0 Å². The van der Waals surface area contributed by atoms with Gasteiger partial charge in [-0.05, 0) is 67.4 Å². The zero-order chi connectivity index (χ0) is 25.2. The van der Waals surface area contributed by atoms with E-state index in [2.05, 4.69) is 11.6 Å². The molecule has 9 heteroatoms. The number of benzene rings is 2. The average molecular weight is 486 g/mol. The molecule has 1 aliphatic rings. The molecule has 1 fully saturated rings. The Bertz CT molecular complexity index is 1440. The number of hydrogen-bond donors (Lipinski definition) is 1. The topological polar surface area (TPSA) is 103 Å². The minimum atomic E-state index is -0.604. The number of likely N-dealkylation sites (tertiary alicyclic amines) is 1. The molecule has 1 aliphatic heterocycles. The molecule has 1 saturated heterocycles. The van der Waals surface area contributed by atoms with Gasteiger partial charge in [0.2, 0.25) is 5.91 Å². The summed E-state index contributed by atoms with van der Waals surface area (Å²) in [6.07, 6.45) is 6.11. The van der Waals surface area contributed by atoms with Gasteiger partial charge >= 0.3 is 0 Å². The first kappa shape index (κ1) is 23.2. The van der Waals surface area contributed by atoms with Crippen molar-refractivity contribution in [3.63, 3.8) is 0 Å². The number of piperidine rings is 1. The fourth-order valence-corrected chi connectivity index (χ4v) is 4.54. The van der Waals surface area contributed by atoms with Gasteiger partial charge in [-0.3, -0.25) is 19.0 Å². The van der Waals surface area contributed by atoms with E-state index in [0.717, 1.165) is 18.5 Å². The molecule has 0 unspecified atom stereocenters. The third kappa shape index (κ3) is 4.43. The quantitative estimate of drug-likeness (QED) is 0.410. The minimum Gasteiger partial charge on any atom is -0.457 e. The maximum atomic E-state index is 13.1. The molecule has 2 amide bonds. The van der Waals surface area contributed by atoms with Crippen LogP contribution < -0.4 is 10.5 Å². The third-order valence-corrected chi connectivity index (χ3v) is 6.35. The standard InChI is InChI=1S/C27H24FN5O3/c1-2-22(34)32-14-11-18(12-15-32)24-27-31-23(25(26(29)35)33(27)16-13-30-24)17-3-7-20(8-4-17)36-21-9-5-19(28)6-10-21/h2-10,13,16,18H,1,11-12,14-15H2,(H2,29,35). The highest BCUT2D eigenvalue weighted by atomic mass is 19.1. The van der Waals surface area contributed by atoms with E-state index in [1.54, 1.807) is 58.1 Å². The molecule has 8 nitrogen and oxygen atoms in total. The fourth-order valence-electron chi connectivity index (χ4n) is 4.54. The number of rotatable bonds is 6. The Hall–Kier alpha value is -4.53. The molecule has 2 aromatic heterocycles. The van der Waals surface area contributed by atoms with Crippen LogP contribution in [0.4, 0.5) is 4.39 Å². The lowest BCUT2D eigenvalue weighted by atomic mass is 9.93. The number of fused-ring (bicyclic) bond motifs is 1. The number of imidazole rings is 1. The molecule has 3 heterocycles. The molecule has 0 atom stereocenters. The number of nitrogens with zero attached hydrogens (tertiary/aromatic N) is 4. The molecule has 4 aromatic rings. The number of halogens is 1. The van der Waals surface area contributed by atoms with E-state index < -0.39 is 5.91 Å². The Labute approximate surface area is 206 Å². The molecule has 5 rings (SSSR count). The SMILES string of the molecule is C=CC(=O)N1CCC(c2nccn3c(C(N)=O)c(-c4ccc(Oc5ccc(F)cc5)cc4)nc23)CC1. The van der Waals surface area contributed by atoms with Gasteiger partial charge in [-0.15, -0.1) is 0 Å². The van der Waals surface area contributed by atoms with Gasteiger partial charge in [-0.25, -0.2) is 9.37 Å². The molecular weight excluding hydrogens is 461 g/mol. The van der Waals surface area contributed by atoms with Gasteiger partial charge in [0.25, 0.3) is 5.91 Å². The van der Waals surface area contributed by atoms with Crippen LogP contribution in [0.1, 0.15) is 34.9 Å². The molecule has 36 heavy (non-hydrogen) atoms. The average Bonchev–Trinajstić information content (AvgIpc) is 3.30. The second-order valence-electron chi connectivity index (χ2n) is 8.56. The summed E-state index contributed by atoms with van der Waals surface area (Å²) >= 11 is 0. The van der Waals surface area contributed by atoms with Gasteiger partial charge < -0.3 is 15.4 Å². The van der Waals surface area contributed by atoms with E-state index >= 15 is 0 Å². The maximum Gasteiger partial charge on any atom is 0.268 e. The Kier molecular flexibility index (Phi) is 6.20. The van der Waals surface area contributed by atoms with Crippen LogP contribution in [0.5, 0.6) is 11.5 Å². The highest BCUT2D eigenvalue weighted by Crippen LogP contribution is 2.33. The van der Waals surface area contributed by atoms with Crippen LogP contribution in [0.15, 0.2) is 73.6 Å². The van der Waals surface area contributed by atoms with E-state index in [0.29, 0.717) is 41.5 Å². The van der Waals surface area contributed by atoms with Crippen molar-refractivity contribution in [1.29, 1.82) is 0 Å². The highest BCUT2D eigenvalue weighted by Gasteiger charge is 2.28. The lowest BCUT2D eigenvalue weighted by molar-refractivity contribution is -0.127. The number of ether oxygens (including phenoxy) is 1. The van der Waals surface area contributed by atoms with Crippen molar-refractivity contribution < 1.29 is 18.7 Å². The van der Waals surface area contributed by atoms with Crippen LogP contribution in [-0.4, -0.2) is 44.2 Å². The van der Waals surface area contributed by atoms with Crippen LogP contribution in [0, 0.1) is 5.82 Å². The largest absolute Gasteiger partial charge is 0.457 e. The van der Waals surface area contributed by atoms with E-state index in [9.17, 15) is 14.0 Å². The molecule has 0 bridgehead atoms. The molecule has 2 aromatic carbocycles. The summed E-state index contributed by atoms with van der Waals surface area (Å²) in [7, 11) is 0. The molecule has 182 valence electrons. The number of primary amides is 1. The second-order valence-corrected chi connectivity index (χ2v) is 8.56. The summed E-state index contributed by atoms with van der Waals surface area (Å²) in [4.78, 5) is 35.6. The summed E-state index contributed by atoms with van der Waals surface area (Å²) < 4.78 is 20.6. The molecule has 0 spiro atoms. The first-order valence-electron chi connectivity index (χ1n) is 11.6. The minimum absolute atomic E-state index is 0.0782. The van der Waals surface area contributed by atoms with E-state index in [1.165, 1.54) is 18.2 Å². The number of hydrogen-bond acceptors (Lipinski definition) is 5. The summed E-state index contributed by atoms with van der Waals surface area (Å²) in [5, 5.41) is 0. The molecule has 0 saturated carbocycles. The van der Waals surface area contributed by atoms with E-state index in [4.69, 9.17) is 15.5 Å². The zero-order valence-corrected chi connectivity index (χ0v) is 19.4. The van der Waals surface area contributed by atoms with Crippen molar-refractivity contribution in [2.45, 2.75) is 18.8 Å². The number of carbonyl (C=O) groups is 2. The number of amides is 2. The highest BCUT2D eigenvalue weighted by molar-refractivity contribution is 5.98. The van der Waals surface area contributed by atoms with Crippen LogP contribution in [0.2, 0.25) is 0 Å². The predicted molar refractivity (Wildman–Crippen MR) is 132 cm³/mol. The Balaban J connectivity index is 1.46. The van der Waals surface area contributed by atoms with Gasteiger partial charge in [0, 0.05) is 37.0 Å². The van der Waals surface area contributed by atoms with Crippen molar-refractivity contribution in [3.05, 3.63) is 90.8 Å². The second kappa shape index (κ2) is 9.61. The van der Waals surface area contributed by atoms with E-state index in [-0.39, 0.29) is 23.3 Å². The monoisotopic (exact) mass is 485 g/mol. The Morgan fingerprint density at radius 1 is 1.06 bits per heavy atom. The van der Waals surface area contributed by atoms with Crippen LogP contribution in [0.25, 0.3) is 16.9 Å². The lowest BCUT2D eigenvalue weighted by Crippen LogP contribution is -2.37. The summed E-state index contributed by atoms with van der Waals surface area (Å²) in [5.41, 5.74) is 8.52. The first-order valence-corrected chi connectivity index (χ1v) is 11.6. The van der Waals surface area contributed by atoms with Crippen LogP contribution >= 0.6 is 0 Å². The smallest absolute Gasteiger partial charge is 0.268 e. The van der Waals surface area contributed by atoms with Gasteiger partial charge in [-0.2, -0.15) is 0 Å². The van der Waals surface area contributed by atoms with Crippen LogP contribution in [-0.2, 0) is 4.79 Å². The zero-order valence-electron chi connectivity index (χ0n) is 19.4. The van der Waals surface area contributed by atoms with Crippen molar-refractivity contribution in [2.24, 2.45) is 5.73 Å². The molecular formula is C27H24FN5O3. The summed E-state index contributed by atoms with van der Waals surface area (Å²) in [6.45, 7) is 4.76. The van der Waals surface area contributed by atoms with Gasteiger partial charge in [0.15, 0.2) is 5.65 Å². The van der Waals surface area contributed by atoms with Gasteiger partial charge in [0.1, 0.15) is 28.7 Å². The fraction of sp³-hybridized carbons (Fsp3) is 0.185. The van der Waals surface area contributed by atoms with Crippen molar-refractivity contribution in [3.8, 4) is 22.8 Å². The maximum absolute atomic E-state index is 13.1. The van der Waals surface area contributed by atoms with Gasteiger partial charge in [0.05, 0.1) is 5.69 Å².